The number of ketones is 1. The summed E-state index contributed by atoms with van der Waals surface area (Å²) in [5.74, 6) is 0.0584. The fraction of sp³-hybridized carbons (Fsp3) is 0.364. The highest BCUT2D eigenvalue weighted by Crippen LogP contribution is 2.11. The summed E-state index contributed by atoms with van der Waals surface area (Å²) in [5.41, 5.74) is 6.33. The first-order chi connectivity index (χ1) is 7.13. The predicted octanol–water partition coefficient (Wildman–Crippen LogP) is 0.477. The zero-order chi connectivity index (χ0) is 11.3. The lowest BCUT2D eigenvalue weighted by atomic mass is 10.0. The number of carbonyl (C=O) groups excluding carboxylic acids is 1. The molecule has 0 aromatic heterocycles. The van der Waals surface area contributed by atoms with Gasteiger partial charge in [0.05, 0.1) is 12.6 Å². The van der Waals surface area contributed by atoms with Crippen molar-refractivity contribution in [1.29, 1.82) is 0 Å². The zero-order valence-corrected chi connectivity index (χ0v) is 8.64. The van der Waals surface area contributed by atoms with Gasteiger partial charge < -0.3 is 15.6 Å². The molecule has 4 nitrogen and oxygen atoms in total. The van der Waals surface area contributed by atoms with Crippen molar-refractivity contribution in [2.45, 2.75) is 12.5 Å². The van der Waals surface area contributed by atoms with Gasteiger partial charge in [0.15, 0.2) is 5.78 Å². The van der Waals surface area contributed by atoms with E-state index in [1.54, 1.807) is 24.3 Å². The second kappa shape index (κ2) is 5.48. The van der Waals surface area contributed by atoms with Crippen LogP contribution in [0.3, 0.4) is 0 Å². The molecule has 0 heterocycles. The Kier molecular flexibility index (Phi) is 4.27. The summed E-state index contributed by atoms with van der Waals surface area (Å²) in [5, 5.41) is 9.20. The highest BCUT2D eigenvalue weighted by Gasteiger charge is 2.13. The van der Waals surface area contributed by atoms with E-state index in [2.05, 4.69) is 0 Å². The fourth-order valence-corrected chi connectivity index (χ4v) is 1.27. The van der Waals surface area contributed by atoms with E-state index in [1.165, 1.54) is 7.11 Å². The van der Waals surface area contributed by atoms with E-state index in [-0.39, 0.29) is 24.6 Å². The highest BCUT2D eigenvalue weighted by molar-refractivity contribution is 5.86. The minimum absolute atomic E-state index is 0.0950. The number of hydrogen-bond donors (Lipinski definition) is 2. The second-order valence-corrected chi connectivity index (χ2v) is 3.37. The number of aromatic hydroxyl groups is 1. The number of benzene rings is 1. The van der Waals surface area contributed by atoms with Crippen LogP contribution in [-0.4, -0.2) is 30.6 Å². The van der Waals surface area contributed by atoms with Crippen LogP contribution in [-0.2, 0) is 16.0 Å². The van der Waals surface area contributed by atoms with Gasteiger partial charge in [0.1, 0.15) is 5.75 Å². The van der Waals surface area contributed by atoms with E-state index < -0.39 is 6.04 Å². The SMILES string of the molecule is COCC(N)C(=O)Cc1cccc(O)c1. The van der Waals surface area contributed by atoms with Crippen molar-refractivity contribution in [3.05, 3.63) is 29.8 Å². The monoisotopic (exact) mass is 209 g/mol. The molecule has 0 spiro atoms. The lowest BCUT2D eigenvalue weighted by molar-refractivity contribution is -0.120. The molecule has 0 fully saturated rings. The summed E-state index contributed by atoms with van der Waals surface area (Å²) >= 11 is 0. The molecule has 0 saturated heterocycles. The Balaban J connectivity index is 2.58. The fourth-order valence-electron chi connectivity index (χ4n) is 1.27. The van der Waals surface area contributed by atoms with Crippen LogP contribution < -0.4 is 5.73 Å². The van der Waals surface area contributed by atoms with E-state index >= 15 is 0 Å². The molecule has 0 aliphatic rings. The quantitative estimate of drug-likeness (QED) is 0.739. The van der Waals surface area contributed by atoms with Crippen LogP contribution >= 0.6 is 0 Å². The van der Waals surface area contributed by atoms with Crippen LogP contribution in [0.15, 0.2) is 24.3 Å². The molecule has 15 heavy (non-hydrogen) atoms. The van der Waals surface area contributed by atoms with Gasteiger partial charge in [-0.2, -0.15) is 0 Å². The van der Waals surface area contributed by atoms with Gasteiger partial charge in [-0.1, -0.05) is 12.1 Å². The number of Topliss-reactive ketones (excluding diaryl/α,β-unsaturated/α-hetero) is 1. The average molecular weight is 209 g/mol. The number of ether oxygens (including phenoxy) is 1. The number of methoxy groups -OCH3 is 1. The third-order valence-electron chi connectivity index (χ3n) is 2.05. The molecule has 82 valence electrons. The molecule has 1 aromatic rings. The van der Waals surface area contributed by atoms with Crippen LogP contribution in [0.4, 0.5) is 0 Å². The number of hydrogen-bond acceptors (Lipinski definition) is 4. The molecular weight excluding hydrogens is 194 g/mol. The van der Waals surface area contributed by atoms with Crippen molar-refractivity contribution in [3.63, 3.8) is 0 Å². The van der Waals surface area contributed by atoms with Crippen LogP contribution in [0.2, 0.25) is 0 Å². The molecule has 3 N–H and O–H groups in total. The molecule has 0 radical (unpaired) electrons. The maximum atomic E-state index is 11.5. The van der Waals surface area contributed by atoms with Gasteiger partial charge >= 0.3 is 0 Å². The molecule has 0 aliphatic heterocycles. The minimum atomic E-state index is -0.600. The Hall–Kier alpha value is -1.39. The van der Waals surface area contributed by atoms with Crippen LogP contribution in [0.1, 0.15) is 5.56 Å². The zero-order valence-electron chi connectivity index (χ0n) is 8.64. The molecule has 0 bridgehead atoms. The normalized spacial score (nSPS) is 12.4. The van der Waals surface area contributed by atoms with Gasteiger partial charge in [-0.05, 0) is 17.7 Å². The summed E-state index contributed by atoms with van der Waals surface area (Å²) < 4.78 is 4.79. The molecule has 1 rings (SSSR count). The van der Waals surface area contributed by atoms with Gasteiger partial charge in [0.2, 0.25) is 0 Å². The van der Waals surface area contributed by atoms with Crippen LogP contribution in [0, 0.1) is 0 Å². The Labute approximate surface area is 88.7 Å². The highest BCUT2D eigenvalue weighted by atomic mass is 16.5. The van der Waals surface area contributed by atoms with Gasteiger partial charge in [-0.25, -0.2) is 0 Å². The minimum Gasteiger partial charge on any atom is -0.508 e. The standard InChI is InChI=1S/C11H15NO3/c1-15-7-10(12)11(14)6-8-3-2-4-9(13)5-8/h2-5,10,13H,6-7,12H2,1H3. The van der Waals surface area contributed by atoms with Gasteiger partial charge in [-0.3, -0.25) is 4.79 Å². The van der Waals surface area contributed by atoms with Gasteiger partial charge in [0, 0.05) is 13.5 Å². The molecule has 1 atom stereocenters. The topological polar surface area (TPSA) is 72.5 Å². The van der Waals surface area contributed by atoms with E-state index in [0.717, 1.165) is 5.56 Å². The van der Waals surface area contributed by atoms with E-state index in [4.69, 9.17) is 10.5 Å². The molecule has 0 aliphatic carbocycles. The Morgan fingerprint density at radius 1 is 1.60 bits per heavy atom. The first kappa shape index (κ1) is 11.7. The Morgan fingerprint density at radius 2 is 2.33 bits per heavy atom. The number of phenols is 1. The van der Waals surface area contributed by atoms with E-state index in [0.29, 0.717) is 0 Å². The smallest absolute Gasteiger partial charge is 0.156 e. The number of phenolic OH excluding ortho intramolecular Hbond substituents is 1. The van der Waals surface area contributed by atoms with Crippen molar-refractivity contribution in [2.24, 2.45) is 5.73 Å². The first-order valence-corrected chi connectivity index (χ1v) is 4.68. The van der Waals surface area contributed by atoms with Crippen molar-refractivity contribution in [2.75, 3.05) is 13.7 Å². The number of rotatable bonds is 5. The maximum absolute atomic E-state index is 11.5. The summed E-state index contributed by atoms with van der Waals surface area (Å²) in [6.07, 6.45) is 0.221. The molecule has 1 aromatic carbocycles. The number of nitrogens with two attached hydrogens (primary N) is 1. The molecule has 1 unspecified atom stereocenters. The first-order valence-electron chi connectivity index (χ1n) is 4.68. The van der Waals surface area contributed by atoms with Crippen molar-refractivity contribution < 1.29 is 14.6 Å². The summed E-state index contributed by atoms with van der Waals surface area (Å²) in [6.45, 7) is 0.220. The molecule has 0 amide bonds. The molecule has 4 heteroatoms. The maximum Gasteiger partial charge on any atom is 0.156 e. The van der Waals surface area contributed by atoms with Crippen LogP contribution in [0.25, 0.3) is 0 Å². The van der Waals surface area contributed by atoms with E-state index in [1.807, 2.05) is 0 Å². The largest absolute Gasteiger partial charge is 0.508 e. The Bertz CT molecular complexity index is 338. The van der Waals surface area contributed by atoms with Gasteiger partial charge in [-0.15, -0.1) is 0 Å². The van der Waals surface area contributed by atoms with Gasteiger partial charge in [0.25, 0.3) is 0 Å². The van der Waals surface area contributed by atoms with E-state index in [9.17, 15) is 9.90 Å². The third-order valence-corrected chi connectivity index (χ3v) is 2.05. The average Bonchev–Trinajstić information content (AvgIpc) is 2.18. The lowest BCUT2D eigenvalue weighted by Crippen LogP contribution is -2.35. The van der Waals surface area contributed by atoms with Crippen molar-refractivity contribution in [1.82, 2.24) is 0 Å². The van der Waals surface area contributed by atoms with Crippen molar-refractivity contribution >= 4 is 5.78 Å². The third kappa shape index (κ3) is 3.69. The number of carbonyl (C=O) groups is 1. The molecule has 0 saturated carbocycles. The second-order valence-electron chi connectivity index (χ2n) is 3.37. The molecular formula is C11H15NO3. The summed E-state index contributed by atoms with van der Waals surface area (Å²) in [4.78, 5) is 11.5. The Morgan fingerprint density at radius 3 is 2.93 bits per heavy atom. The van der Waals surface area contributed by atoms with Crippen LogP contribution in [0.5, 0.6) is 5.75 Å². The summed E-state index contributed by atoms with van der Waals surface area (Å²) in [6, 6.07) is 5.98. The summed E-state index contributed by atoms with van der Waals surface area (Å²) in [7, 11) is 1.50. The lowest BCUT2D eigenvalue weighted by Gasteiger charge is -2.09. The predicted molar refractivity (Wildman–Crippen MR) is 56.7 cm³/mol. The van der Waals surface area contributed by atoms with Crippen molar-refractivity contribution in [3.8, 4) is 5.75 Å².